The van der Waals surface area contributed by atoms with Gasteiger partial charge in [0.05, 0.1) is 12.2 Å². The van der Waals surface area contributed by atoms with Gasteiger partial charge in [0.25, 0.3) is 5.89 Å². The Balaban J connectivity index is 1.38. The highest BCUT2D eigenvalue weighted by Gasteiger charge is 2.41. The fourth-order valence-electron chi connectivity index (χ4n) is 5.73. The van der Waals surface area contributed by atoms with Crippen LogP contribution < -0.4 is 16.0 Å². The number of rotatable bonds is 9. The smallest absolute Gasteiger partial charge is 0.255 e. The number of carbonyl (C=O) groups is 3. The summed E-state index contributed by atoms with van der Waals surface area (Å²) in [5, 5.41) is 10.2. The predicted molar refractivity (Wildman–Crippen MR) is 158 cm³/mol. The van der Waals surface area contributed by atoms with Crippen LogP contribution in [-0.2, 0) is 14.4 Å². The minimum Gasteiger partial charge on any atom is -0.443 e. The van der Waals surface area contributed by atoms with Crippen LogP contribution in [0.5, 0.6) is 0 Å². The highest BCUT2D eigenvalue weighted by atomic mass is 32.1. The van der Waals surface area contributed by atoms with E-state index >= 15 is 0 Å². The maximum Gasteiger partial charge on any atom is 0.255 e. The topological polar surface area (TPSA) is 129 Å². The maximum atomic E-state index is 14.1. The number of thiazole rings is 1. The van der Waals surface area contributed by atoms with Crippen LogP contribution >= 0.6 is 11.3 Å². The number of amides is 3. The first kappa shape index (κ1) is 28.9. The first-order valence-electron chi connectivity index (χ1n) is 14.5. The van der Waals surface area contributed by atoms with E-state index in [4.69, 9.17) is 9.40 Å². The zero-order chi connectivity index (χ0) is 28.8. The number of benzene rings is 1. The number of carbonyl (C=O) groups excluding carboxylic acids is 3. The average Bonchev–Trinajstić information content (AvgIpc) is 3.74. The van der Waals surface area contributed by atoms with Crippen molar-refractivity contribution < 1.29 is 18.8 Å². The van der Waals surface area contributed by atoms with Gasteiger partial charge in [-0.1, -0.05) is 67.4 Å². The van der Waals surface area contributed by atoms with E-state index < -0.39 is 18.1 Å². The normalized spacial score (nSPS) is 19.4. The van der Waals surface area contributed by atoms with Crippen LogP contribution in [0.25, 0.3) is 22.2 Å². The van der Waals surface area contributed by atoms with Crippen molar-refractivity contribution in [1.29, 1.82) is 0 Å². The lowest BCUT2D eigenvalue weighted by atomic mass is 9.90. The number of likely N-dealkylation sites (N-methyl/N-ethyl adjacent to an activating group) is 1. The molecule has 2 aliphatic rings. The van der Waals surface area contributed by atoms with Gasteiger partial charge in [-0.2, -0.15) is 0 Å². The summed E-state index contributed by atoms with van der Waals surface area (Å²) in [4.78, 5) is 51.4. The lowest BCUT2D eigenvalue weighted by Gasteiger charge is -2.33. The molecule has 3 heterocycles. The zero-order valence-electron chi connectivity index (χ0n) is 23.6. The largest absolute Gasteiger partial charge is 0.443 e. The van der Waals surface area contributed by atoms with Crippen LogP contribution in [0.2, 0.25) is 0 Å². The lowest BCUT2D eigenvalue weighted by Crippen LogP contribution is -2.57. The Morgan fingerprint density at radius 1 is 1.05 bits per heavy atom. The number of nitrogens with one attached hydrogen (secondary N) is 3. The van der Waals surface area contributed by atoms with Crippen molar-refractivity contribution in [2.24, 2.45) is 5.92 Å². The van der Waals surface area contributed by atoms with Crippen LogP contribution in [0.1, 0.15) is 58.3 Å². The van der Waals surface area contributed by atoms with Crippen molar-refractivity contribution in [1.82, 2.24) is 25.5 Å². The van der Waals surface area contributed by atoms with E-state index in [-0.39, 0.29) is 23.6 Å². The Morgan fingerprint density at radius 3 is 2.49 bits per heavy atom. The van der Waals surface area contributed by atoms with Crippen LogP contribution in [0.3, 0.4) is 0 Å². The molecule has 0 unspecified atom stereocenters. The van der Waals surface area contributed by atoms with Gasteiger partial charge in [-0.3, -0.25) is 14.4 Å². The molecule has 1 aliphatic heterocycles. The predicted octanol–water partition coefficient (Wildman–Crippen LogP) is 4.46. The van der Waals surface area contributed by atoms with E-state index in [1.807, 2.05) is 30.3 Å². The fourth-order valence-corrected chi connectivity index (χ4v) is 6.66. The van der Waals surface area contributed by atoms with Crippen molar-refractivity contribution in [3.8, 4) is 22.2 Å². The van der Waals surface area contributed by atoms with Gasteiger partial charge in [-0.05, 0) is 45.6 Å². The number of hydrogen-bond donors (Lipinski definition) is 3. The molecule has 5 rings (SSSR count). The first-order chi connectivity index (χ1) is 20.0. The molecule has 1 saturated heterocycles. The van der Waals surface area contributed by atoms with Gasteiger partial charge >= 0.3 is 0 Å². The molecule has 0 spiro atoms. The molecule has 1 aliphatic carbocycles. The Kier molecular flexibility index (Phi) is 9.45. The Bertz CT molecular complexity index is 1320. The van der Waals surface area contributed by atoms with Gasteiger partial charge in [-0.25, -0.2) is 9.97 Å². The van der Waals surface area contributed by atoms with Gasteiger partial charge in [0.2, 0.25) is 17.7 Å². The van der Waals surface area contributed by atoms with Crippen LogP contribution in [0, 0.1) is 5.92 Å². The molecule has 3 N–H and O–H groups in total. The quantitative estimate of drug-likeness (QED) is 0.320. The average molecular weight is 579 g/mol. The Morgan fingerprint density at radius 2 is 1.80 bits per heavy atom. The van der Waals surface area contributed by atoms with E-state index in [9.17, 15) is 14.4 Å². The highest BCUT2D eigenvalue weighted by molar-refractivity contribution is 7.19. The number of oxazole rings is 1. The highest BCUT2D eigenvalue weighted by Crippen LogP contribution is 2.38. The van der Waals surface area contributed by atoms with Gasteiger partial charge in [0.15, 0.2) is 5.01 Å². The van der Waals surface area contributed by atoms with E-state index in [1.165, 1.54) is 17.6 Å². The molecule has 10 nitrogen and oxygen atoms in total. The van der Waals surface area contributed by atoms with Gasteiger partial charge in [0, 0.05) is 12.1 Å². The van der Waals surface area contributed by atoms with Crippen molar-refractivity contribution in [2.45, 2.75) is 76.4 Å². The van der Waals surface area contributed by atoms with Crippen molar-refractivity contribution in [2.75, 3.05) is 18.9 Å². The summed E-state index contributed by atoms with van der Waals surface area (Å²) in [6, 6.07) is 7.91. The molecule has 2 fully saturated rings. The van der Waals surface area contributed by atoms with Gasteiger partial charge < -0.3 is 25.3 Å². The molecule has 0 radical (unpaired) electrons. The van der Waals surface area contributed by atoms with E-state index in [0.29, 0.717) is 34.6 Å². The van der Waals surface area contributed by atoms with Gasteiger partial charge in [-0.15, -0.1) is 0 Å². The number of hydrogen-bond acceptors (Lipinski definition) is 8. The summed E-state index contributed by atoms with van der Waals surface area (Å²) in [5.74, 6) is -0.198. The molecule has 41 heavy (non-hydrogen) atoms. The molecular formula is C30H38N6O4S. The van der Waals surface area contributed by atoms with Crippen LogP contribution in [0.4, 0.5) is 5.00 Å². The van der Waals surface area contributed by atoms with E-state index in [2.05, 4.69) is 20.9 Å². The van der Waals surface area contributed by atoms with Crippen LogP contribution in [-0.4, -0.2) is 64.3 Å². The van der Waals surface area contributed by atoms with Crippen molar-refractivity contribution in [3.05, 3.63) is 42.8 Å². The molecule has 2 aromatic heterocycles. The van der Waals surface area contributed by atoms with Crippen molar-refractivity contribution >= 4 is 34.1 Å². The minimum atomic E-state index is -0.648. The molecular weight excluding hydrogens is 540 g/mol. The minimum absolute atomic E-state index is 0.0526. The molecule has 3 atom stereocenters. The third-order valence-electron chi connectivity index (χ3n) is 8.13. The first-order valence-corrected chi connectivity index (χ1v) is 15.3. The number of nitrogens with zero attached hydrogens (tertiary/aromatic N) is 3. The molecule has 1 saturated carbocycles. The van der Waals surface area contributed by atoms with Crippen molar-refractivity contribution in [3.63, 3.8) is 0 Å². The molecule has 3 amide bonds. The number of likely N-dealkylation sites (tertiary alicyclic amines) is 1. The summed E-state index contributed by atoms with van der Waals surface area (Å²) >= 11 is 1.29. The second kappa shape index (κ2) is 13.4. The fraction of sp³-hybridized carbons (Fsp3) is 0.500. The second-order valence-electron chi connectivity index (χ2n) is 10.8. The summed E-state index contributed by atoms with van der Waals surface area (Å²) in [7, 11) is 1.73. The summed E-state index contributed by atoms with van der Waals surface area (Å²) < 4.78 is 5.46. The monoisotopic (exact) mass is 578 g/mol. The lowest BCUT2D eigenvalue weighted by molar-refractivity contribution is -0.141. The van der Waals surface area contributed by atoms with Gasteiger partial charge in [0.1, 0.15) is 29.0 Å². The third kappa shape index (κ3) is 6.68. The summed E-state index contributed by atoms with van der Waals surface area (Å²) in [6.45, 7) is 2.26. The van der Waals surface area contributed by atoms with E-state index in [1.54, 1.807) is 25.1 Å². The molecule has 11 heteroatoms. The Labute approximate surface area is 244 Å². The third-order valence-corrected chi connectivity index (χ3v) is 9.09. The SMILES string of the molecule is CN[C@@H](C)C(=O)N[C@H](C(=O)N1CCC[C@H]1C(=O)Nc1sc(-c2ncco2)nc1-c1ccccc1)C1CCCCCC1. The summed E-state index contributed by atoms with van der Waals surface area (Å²) in [5.41, 5.74) is 1.48. The number of anilines is 1. The standard InChI is InChI=1S/C30H38N6O4S/c1-19(31-2)25(37)33-24(21-13-6-3-4-7-14-21)30(39)36-17-10-15-22(36)26(38)35-28-23(20-11-8-5-9-12-20)34-29(41-28)27-32-16-18-40-27/h5,8-9,11-12,16,18-19,21-22,24,31H,3-4,6-7,10,13-15,17H2,1-2H3,(H,33,37)(H,35,38)/t19-,22-,24-/m0/s1. The van der Waals surface area contributed by atoms with Crippen LogP contribution in [0.15, 0.2) is 47.2 Å². The Hall–Kier alpha value is -3.57. The molecule has 3 aromatic rings. The maximum absolute atomic E-state index is 14.1. The molecule has 0 bridgehead atoms. The number of aromatic nitrogens is 2. The molecule has 1 aromatic carbocycles. The van der Waals surface area contributed by atoms with E-state index in [0.717, 1.165) is 50.5 Å². The second-order valence-corrected chi connectivity index (χ2v) is 11.8. The summed E-state index contributed by atoms with van der Waals surface area (Å²) in [6.07, 6.45) is 10.5. The molecule has 218 valence electrons. The zero-order valence-corrected chi connectivity index (χ0v) is 24.4.